The van der Waals surface area contributed by atoms with Crippen LogP contribution in [0.4, 0.5) is 0 Å². The third-order valence-corrected chi connectivity index (χ3v) is 1.92. The molecule has 1 aliphatic heterocycles. The first-order valence-electron chi connectivity index (χ1n) is 4.52. The van der Waals surface area contributed by atoms with E-state index in [2.05, 4.69) is 30.6 Å². The van der Waals surface area contributed by atoms with Gasteiger partial charge in [-0.05, 0) is 24.6 Å². The Balaban J connectivity index is 2.15. The largest absolute Gasteiger partial charge is 0.387 e. The van der Waals surface area contributed by atoms with Crippen molar-refractivity contribution >= 4 is 0 Å². The fraction of sp³-hybridized carbons (Fsp3) is 0.600. The predicted molar refractivity (Wildman–Crippen MR) is 49.4 cm³/mol. The van der Waals surface area contributed by atoms with Crippen LogP contribution in [0.25, 0.3) is 0 Å². The molecule has 1 heterocycles. The van der Waals surface area contributed by atoms with E-state index in [9.17, 15) is 0 Å². The Labute approximate surface area is 69.2 Å². The topological polar surface area (TPSA) is 12.0 Å². The molecule has 1 N–H and O–H groups in total. The Bertz CT molecular complexity index is 156. The monoisotopic (exact) mass is 151 g/mol. The minimum absolute atomic E-state index is 0.997. The molecule has 0 bridgehead atoms. The van der Waals surface area contributed by atoms with E-state index < -0.39 is 0 Å². The van der Waals surface area contributed by atoms with Gasteiger partial charge < -0.3 is 5.32 Å². The van der Waals surface area contributed by atoms with Crippen molar-refractivity contribution in [1.29, 1.82) is 0 Å². The van der Waals surface area contributed by atoms with Gasteiger partial charge in [-0.3, -0.25) is 0 Å². The second kappa shape index (κ2) is 5.00. The molecule has 62 valence electrons. The quantitative estimate of drug-likeness (QED) is 0.609. The van der Waals surface area contributed by atoms with Crippen molar-refractivity contribution in [2.75, 3.05) is 6.54 Å². The van der Waals surface area contributed by atoms with Gasteiger partial charge >= 0.3 is 0 Å². The number of hydrogen-bond donors (Lipinski definition) is 1. The van der Waals surface area contributed by atoms with Gasteiger partial charge in [-0.1, -0.05) is 31.9 Å². The molecule has 0 unspecified atom stereocenters. The number of hydrogen-bond acceptors (Lipinski definition) is 1. The molecule has 0 aromatic carbocycles. The molecule has 1 aliphatic rings. The maximum atomic E-state index is 3.21. The summed E-state index contributed by atoms with van der Waals surface area (Å²) < 4.78 is 0. The van der Waals surface area contributed by atoms with Crippen molar-refractivity contribution in [2.45, 2.75) is 32.6 Å². The Morgan fingerprint density at radius 2 is 2.36 bits per heavy atom. The van der Waals surface area contributed by atoms with Crippen LogP contribution >= 0.6 is 0 Å². The van der Waals surface area contributed by atoms with E-state index in [1.54, 1.807) is 0 Å². The maximum absolute atomic E-state index is 3.21. The van der Waals surface area contributed by atoms with Gasteiger partial charge in [0.1, 0.15) is 0 Å². The molecule has 0 saturated heterocycles. The van der Waals surface area contributed by atoms with Crippen LogP contribution in [0.3, 0.4) is 0 Å². The van der Waals surface area contributed by atoms with Gasteiger partial charge in [0.05, 0.1) is 0 Å². The Hall–Kier alpha value is -0.720. The lowest BCUT2D eigenvalue weighted by Gasteiger charge is -2.07. The normalized spacial score (nSPS) is 15.9. The van der Waals surface area contributed by atoms with E-state index in [0.717, 1.165) is 6.54 Å². The van der Waals surface area contributed by atoms with Crippen LogP contribution in [-0.4, -0.2) is 6.54 Å². The lowest BCUT2D eigenvalue weighted by Crippen LogP contribution is -2.08. The third-order valence-electron chi connectivity index (χ3n) is 1.92. The molecular formula is C10H17N. The Kier molecular flexibility index (Phi) is 3.81. The molecule has 0 atom stereocenters. The van der Waals surface area contributed by atoms with Crippen molar-refractivity contribution in [3.05, 3.63) is 23.9 Å². The maximum Gasteiger partial charge on any atom is 0.0328 e. The first-order valence-corrected chi connectivity index (χ1v) is 4.52. The summed E-state index contributed by atoms with van der Waals surface area (Å²) in [5, 5.41) is 3.21. The van der Waals surface area contributed by atoms with Gasteiger partial charge in [-0.2, -0.15) is 0 Å². The van der Waals surface area contributed by atoms with Crippen molar-refractivity contribution in [1.82, 2.24) is 5.32 Å². The van der Waals surface area contributed by atoms with Crippen LogP contribution in [0, 0.1) is 0 Å². The van der Waals surface area contributed by atoms with Crippen molar-refractivity contribution in [2.24, 2.45) is 0 Å². The van der Waals surface area contributed by atoms with Gasteiger partial charge in [0.2, 0.25) is 0 Å². The fourth-order valence-electron chi connectivity index (χ4n) is 1.25. The fourth-order valence-corrected chi connectivity index (χ4v) is 1.25. The highest BCUT2D eigenvalue weighted by atomic mass is 14.8. The molecule has 1 nitrogen and oxygen atoms in total. The highest BCUT2D eigenvalue weighted by Crippen LogP contribution is 2.10. The molecule has 0 amide bonds. The molecular weight excluding hydrogens is 134 g/mol. The van der Waals surface area contributed by atoms with Crippen molar-refractivity contribution in [3.63, 3.8) is 0 Å². The first-order chi connectivity index (χ1) is 5.43. The lowest BCUT2D eigenvalue weighted by molar-refractivity contribution is 0.713. The van der Waals surface area contributed by atoms with E-state index in [1.165, 1.54) is 31.3 Å². The van der Waals surface area contributed by atoms with Gasteiger partial charge in [0.15, 0.2) is 0 Å². The zero-order chi connectivity index (χ0) is 7.94. The van der Waals surface area contributed by atoms with Crippen molar-refractivity contribution < 1.29 is 0 Å². The summed E-state index contributed by atoms with van der Waals surface area (Å²) in [6.07, 6.45) is 11.8. The average Bonchev–Trinajstić information content (AvgIpc) is 2.07. The summed E-state index contributed by atoms with van der Waals surface area (Å²) in [6.45, 7) is 3.24. The number of allylic oxidation sites excluding steroid dienone is 2. The molecule has 0 aliphatic carbocycles. The predicted octanol–water partition coefficient (Wildman–Crippen LogP) is 2.61. The average molecular weight is 151 g/mol. The molecule has 0 fully saturated rings. The molecule has 0 aromatic heterocycles. The SMILES string of the molecule is CCCCCC1=CNCC=C1. The summed E-state index contributed by atoms with van der Waals surface area (Å²) in [4.78, 5) is 0. The Morgan fingerprint density at radius 1 is 1.45 bits per heavy atom. The number of nitrogens with one attached hydrogen (secondary N) is 1. The van der Waals surface area contributed by atoms with Crippen LogP contribution in [0.5, 0.6) is 0 Å². The summed E-state index contributed by atoms with van der Waals surface area (Å²) in [5.41, 5.74) is 1.45. The second-order valence-corrected chi connectivity index (χ2v) is 2.99. The van der Waals surface area contributed by atoms with E-state index in [0.29, 0.717) is 0 Å². The van der Waals surface area contributed by atoms with Crippen LogP contribution in [0.2, 0.25) is 0 Å². The number of unbranched alkanes of at least 4 members (excludes halogenated alkanes) is 2. The second-order valence-electron chi connectivity index (χ2n) is 2.99. The first kappa shape index (κ1) is 8.38. The minimum Gasteiger partial charge on any atom is -0.387 e. The molecule has 0 radical (unpaired) electrons. The summed E-state index contributed by atoms with van der Waals surface area (Å²) in [5.74, 6) is 0. The molecule has 0 saturated carbocycles. The van der Waals surface area contributed by atoms with Crippen LogP contribution in [-0.2, 0) is 0 Å². The van der Waals surface area contributed by atoms with Crippen molar-refractivity contribution in [3.8, 4) is 0 Å². The standard InChI is InChI=1S/C10H17N/c1-2-3-4-6-10-7-5-8-11-9-10/h5,7,9,11H,2-4,6,8H2,1H3. The smallest absolute Gasteiger partial charge is 0.0328 e. The molecule has 0 spiro atoms. The highest BCUT2D eigenvalue weighted by molar-refractivity contribution is 5.21. The van der Waals surface area contributed by atoms with Gasteiger partial charge in [-0.25, -0.2) is 0 Å². The van der Waals surface area contributed by atoms with Crippen LogP contribution in [0.15, 0.2) is 23.9 Å². The van der Waals surface area contributed by atoms with Gasteiger partial charge in [0, 0.05) is 6.54 Å². The zero-order valence-electron chi connectivity index (χ0n) is 7.27. The van der Waals surface area contributed by atoms with E-state index in [-0.39, 0.29) is 0 Å². The third kappa shape index (κ3) is 3.26. The molecule has 0 aromatic rings. The van der Waals surface area contributed by atoms with E-state index in [4.69, 9.17) is 0 Å². The number of rotatable bonds is 4. The van der Waals surface area contributed by atoms with E-state index in [1.807, 2.05) is 0 Å². The number of dihydropyridines is 1. The Morgan fingerprint density at radius 3 is 3.00 bits per heavy atom. The summed E-state index contributed by atoms with van der Waals surface area (Å²) >= 11 is 0. The van der Waals surface area contributed by atoms with Gasteiger partial charge in [0.25, 0.3) is 0 Å². The van der Waals surface area contributed by atoms with Crippen LogP contribution in [0.1, 0.15) is 32.6 Å². The summed E-state index contributed by atoms with van der Waals surface area (Å²) in [7, 11) is 0. The molecule has 1 rings (SSSR count). The molecule has 1 heteroatoms. The molecule has 11 heavy (non-hydrogen) atoms. The highest BCUT2D eigenvalue weighted by Gasteiger charge is 1.95. The van der Waals surface area contributed by atoms with E-state index >= 15 is 0 Å². The zero-order valence-corrected chi connectivity index (χ0v) is 7.27. The van der Waals surface area contributed by atoms with Crippen LogP contribution < -0.4 is 5.32 Å². The van der Waals surface area contributed by atoms with Gasteiger partial charge in [-0.15, -0.1) is 0 Å². The summed E-state index contributed by atoms with van der Waals surface area (Å²) in [6, 6.07) is 0. The minimum atomic E-state index is 0.997. The lowest BCUT2D eigenvalue weighted by atomic mass is 10.1.